The predicted molar refractivity (Wildman–Crippen MR) is 82.9 cm³/mol. The van der Waals surface area contributed by atoms with Crippen LogP contribution >= 0.6 is 11.3 Å². The minimum Gasteiger partial charge on any atom is -0.338 e. The molecule has 6 heteroatoms. The fourth-order valence-corrected chi connectivity index (χ4v) is 4.00. The van der Waals surface area contributed by atoms with Gasteiger partial charge in [0.15, 0.2) is 4.96 Å². The number of amides is 1. The molecule has 21 heavy (non-hydrogen) atoms. The fraction of sp³-hybridized carbons (Fsp3) is 0.533. The zero-order valence-corrected chi connectivity index (χ0v) is 13.3. The van der Waals surface area contributed by atoms with Crippen LogP contribution in [-0.4, -0.2) is 33.3 Å². The Balaban J connectivity index is 2.00. The van der Waals surface area contributed by atoms with Gasteiger partial charge in [-0.05, 0) is 25.2 Å². The number of rotatable bonds is 1. The van der Waals surface area contributed by atoms with Crippen LogP contribution in [0.25, 0.3) is 4.96 Å². The summed E-state index contributed by atoms with van der Waals surface area (Å²) in [5, 5.41) is 1.88. The lowest BCUT2D eigenvalue weighted by molar-refractivity contribution is 0.0620. The summed E-state index contributed by atoms with van der Waals surface area (Å²) < 4.78 is 1.52. The normalized spacial score (nSPS) is 22.7. The van der Waals surface area contributed by atoms with Crippen LogP contribution in [0.4, 0.5) is 0 Å². The molecule has 1 fully saturated rings. The molecule has 5 nitrogen and oxygen atoms in total. The summed E-state index contributed by atoms with van der Waals surface area (Å²) in [6, 6.07) is 0. The van der Waals surface area contributed by atoms with Crippen molar-refractivity contribution in [2.24, 2.45) is 11.8 Å². The van der Waals surface area contributed by atoms with Crippen molar-refractivity contribution in [2.75, 3.05) is 13.1 Å². The Labute approximate surface area is 127 Å². The van der Waals surface area contributed by atoms with Crippen LogP contribution in [0.2, 0.25) is 0 Å². The lowest BCUT2D eigenvalue weighted by atomic mass is 9.91. The van der Waals surface area contributed by atoms with Gasteiger partial charge in [0.25, 0.3) is 11.5 Å². The Morgan fingerprint density at radius 3 is 2.67 bits per heavy atom. The molecule has 0 aliphatic carbocycles. The summed E-state index contributed by atoms with van der Waals surface area (Å²) in [7, 11) is 0. The van der Waals surface area contributed by atoms with Crippen molar-refractivity contribution in [3.63, 3.8) is 0 Å². The van der Waals surface area contributed by atoms with E-state index in [1.807, 2.05) is 12.3 Å². The van der Waals surface area contributed by atoms with E-state index in [1.165, 1.54) is 21.9 Å². The quantitative estimate of drug-likeness (QED) is 0.811. The average molecular weight is 305 g/mol. The number of thiazole rings is 1. The molecular weight excluding hydrogens is 286 g/mol. The molecule has 0 aromatic carbocycles. The number of carbonyl (C=O) groups excluding carboxylic acids is 1. The third-order valence-electron chi connectivity index (χ3n) is 4.00. The summed E-state index contributed by atoms with van der Waals surface area (Å²) in [4.78, 5) is 31.9. The van der Waals surface area contributed by atoms with E-state index in [2.05, 4.69) is 18.8 Å². The molecule has 3 heterocycles. The maximum Gasteiger partial charge on any atom is 0.271 e. The number of nitrogens with zero attached hydrogens (tertiary/aromatic N) is 3. The molecule has 2 atom stereocenters. The zero-order chi connectivity index (χ0) is 15.1. The minimum atomic E-state index is -0.255. The lowest BCUT2D eigenvalue weighted by Gasteiger charge is -2.34. The molecule has 0 saturated carbocycles. The van der Waals surface area contributed by atoms with Gasteiger partial charge in [0.1, 0.15) is 5.56 Å². The molecule has 2 aromatic heterocycles. The molecule has 3 rings (SSSR count). The van der Waals surface area contributed by atoms with Gasteiger partial charge >= 0.3 is 0 Å². The fourth-order valence-electron chi connectivity index (χ4n) is 3.17. The number of aryl methyl sites for hydroxylation is 1. The molecule has 0 spiro atoms. The van der Waals surface area contributed by atoms with Gasteiger partial charge in [-0.15, -0.1) is 11.3 Å². The van der Waals surface area contributed by atoms with Crippen molar-refractivity contribution in [2.45, 2.75) is 27.2 Å². The van der Waals surface area contributed by atoms with Crippen LogP contribution < -0.4 is 5.56 Å². The summed E-state index contributed by atoms with van der Waals surface area (Å²) in [5.41, 5.74) is 0.743. The molecule has 0 radical (unpaired) electrons. The maximum atomic E-state index is 12.7. The van der Waals surface area contributed by atoms with E-state index in [9.17, 15) is 9.59 Å². The monoisotopic (exact) mass is 305 g/mol. The van der Waals surface area contributed by atoms with E-state index in [0.29, 0.717) is 29.9 Å². The minimum absolute atomic E-state index is 0.176. The van der Waals surface area contributed by atoms with Crippen molar-refractivity contribution in [1.82, 2.24) is 14.3 Å². The van der Waals surface area contributed by atoms with E-state index in [4.69, 9.17) is 0 Å². The number of likely N-dealkylation sites (tertiary alicyclic amines) is 1. The number of piperidine rings is 1. The van der Waals surface area contributed by atoms with E-state index < -0.39 is 0 Å². The van der Waals surface area contributed by atoms with Gasteiger partial charge in [-0.2, -0.15) is 0 Å². The van der Waals surface area contributed by atoms with E-state index in [1.54, 1.807) is 4.90 Å². The molecule has 2 aromatic rings. The average Bonchev–Trinajstić information content (AvgIpc) is 2.80. The highest BCUT2D eigenvalue weighted by Crippen LogP contribution is 2.22. The van der Waals surface area contributed by atoms with E-state index in [-0.39, 0.29) is 17.0 Å². The molecule has 112 valence electrons. The topological polar surface area (TPSA) is 54.7 Å². The van der Waals surface area contributed by atoms with Gasteiger partial charge < -0.3 is 4.90 Å². The van der Waals surface area contributed by atoms with Crippen LogP contribution in [-0.2, 0) is 0 Å². The van der Waals surface area contributed by atoms with Crippen molar-refractivity contribution >= 4 is 22.2 Å². The summed E-state index contributed by atoms with van der Waals surface area (Å²) in [5.74, 6) is 0.756. The zero-order valence-electron chi connectivity index (χ0n) is 12.5. The molecule has 1 saturated heterocycles. The smallest absolute Gasteiger partial charge is 0.271 e. The van der Waals surface area contributed by atoms with Gasteiger partial charge in [-0.25, -0.2) is 4.98 Å². The van der Waals surface area contributed by atoms with Crippen molar-refractivity contribution in [3.05, 3.63) is 33.2 Å². The summed E-state index contributed by atoms with van der Waals surface area (Å²) in [6.07, 6.45) is 2.56. The molecule has 0 bridgehead atoms. The Hall–Kier alpha value is -1.69. The van der Waals surface area contributed by atoms with Crippen LogP contribution in [0.3, 0.4) is 0 Å². The number of fused-ring (bicyclic) bond motifs is 1. The first kappa shape index (κ1) is 14.3. The van der Waals surface area contributed by atoms with Gasteiger partial charge in [0.05, 0.1) is 0 Å². The van der Waals surface area contributed by atoms with Crippen molar-refractivity contribution < 1.29 is 4.79 Å². The van der Waals surface area contributed by atoms with Gasteiger partial charge in [0.2, 0.25) is 0 Å². The molecule has 1 aliphatic rings. The Bertz CT molecular complexity index is 739. The summed E-state index contributed by atoms with van der Waals surface area (Å²) in [6.45, 7) is 7.58. The Morgan fingerprint density at radius 2 is 2.00 bits per heavy atom. The van der Waals surface area contributed by atoms with Crippen LogP contribution in [0.1, 0.15) is 36.3 Å². The Morgan fingerprint density at radius 1 is 1.33 bits per heavy atom. The van der Waals surface area contributed by atoms with Gasteiger partial charge in [-0.3, -0.25) is 14.0 Å². The number of carbonyl (C=O) groups is 1. The number of hydrogen-bond acceptors (Lipinski definition) is 4. The van der Waals surface area contributed by atoms with Crippen molar-refractivity contribution in [1.29, 1.82) is 0 Å². The van der Waals surface area contributed by atoms with Crippen molar-refractivity contribution in [3.8, 4) is 0 Å². The van der Waals surface area contributed by atoms with E-state index >= 15 is 0 Å². The third kappa shape index (κ3) is 2.48. The number of hydrogen-bond donors (Lipinski definition) is 0. The van der Waals surface area contributed by atoms with Crippen LogP contribution in [0.5, 0.6) is 0 Å². The van der Waals surface area contributed by atoms with Crippen LogP contribution in [0.15, 0.2) is 16.4 Å². The van der Waals surface area contributed by atoms with Crippen LogP contribution in [0, 0.1) is 18.8 Å². The summed E-state index contributed by atoms with van der Waals surface area (Å²) >= 11 is 1.41. The van der Waals surface area contributed by atoms with Gasteiger partial charge in [-0.1, -0.05) is 13.8 Å². The van der Waals surface area contributed by atoms with E-state index in [0.717, 1.165) is 12.1 Å². The number of aromatic nitrogens is 2. The molecule has 1 amide bonds. The molecule has 2 unspecified atom stereocenters. The predicted octanol–water partition coefficient (Wildman–Crippen LogP) is 2.18. The Kier molecular flexibility index (Phi) is 3.57. The largest absolute Gasteiger partial charge is 0.338 e. The highest BCUT2D eigenvalue weighted by atomic mass is 32.1. The maximum absolute atomic E-state index is 12.7. The molecule has 0 N–H and O–H groups in total. The highest BCUT2D eigenvalue weighted by molar-refractivity contribution is 7.15. The standard InChI is InChI=1S/C15H19N3O2S/c1-9-4-10(2)7-17(6-9)13(19)12-5-16-15-18(14(12)20)11(3)8-21-15/h5,8-10H,4,6-7H2,1-3H3. The first-order valence-corrected chi connectivity index (χ1v) is 8.10. The first-order valence-electron chi connectivity index (χ1n) is 7.22. The second-order valence-corrected chi connectivity index (χ2v) is 6.96. The second kappa shape index (κ2) is 5.26. The molecule has 1 aliphatic heterocycles. The SMILES string of the molecule is Cc1csc2ncc(C(=O)N3CC(C)CC(C)C3)c(=O)n12. The highest BCUT2D eigenvalue weighted by Gasteiger charge is 2.28. The van der Waals surface area contributed by atoms with Gasteiger partial charge in [0, 0.05) is 30.4 Å². The lowest BCUT2D eigenvalue weighted by Crippen LogP contribution is -2.44. The third-order valence-corrected chi connectivity index (χ3v) is 4.96. The molecular formula is C15H19N3O2S. The first-order chi connectivity index (χ1) is 9.97. The second-order valence-electron chi connectivity index (χ2n) is 6.13.